The molecule has 1 aromatic rings. The molecule has 0 aliphatic rings. The van der Waals surface area contributed by atoms with Crippen molar-refractivity contribution in [1.29, 1.82) is 0 Å². The molecule has 0 radical (unpaired) electrons. The molecule has 1 aromatic heterocycles. The van der Waals surface area contributed by atoms with E-state index in [0.29, 0.717) is 11.3 Å². The topological polar surface area (TPSA) is 45.1 Å². The molecule has 0 aromatic carbocycles. The number of thioether (sulfide) groups is 1. The van der Waals surface area contributed by atoms with E-state index in [0.717, 1.165) is 15.9 Å². The Hall–Kier alpha value is -0.100. The standard InChI is InChI=1S/C14H23BrN2OS/c1-10(2)17-14(4,9-18)7-11(3)19-13-6-5-12(15)8-16-13/h5-6,8,10-11,17-18H,7,9H2,1-4H3. The first-order valence-corrected chi connectivity index (χ1v) is 8.18. The molecule has 2 unspecified atom stereocenters. The number of hydrogen-bond acceptors (Lipinski definition) is 4. The fraction of sp³-hybridized carbons (Fsp3) is 0.643. The van der Waals surface area contributed by atoms with Crippen LogP contribution in [-0.2, 0) is 0 Å². The Morgan fingerprint density at radius 3 is 2.58 bits per heavy atom. The van der Waals surface area contributed by atoms with Crippen molar-refractivity contribution in [3.63, 3.8) is 0 Å². The lowest BCUT2D eigenvalue weighted by Gasteiger charge is -2.33. The van der Waals surface area contributed by atoms with E-state index < -0.39 is 0 Å². The predicted octanol–water partition coefficient (Wildman–Crippen LogP) is 3.46. The molecule has 108 valence electrons. The fourth-order valence-corrected chi connectivity index (χ4v) is 3.54. The Morgan fingerprint density at radius 2 is 2.11 bits per heavy atom. The number of nitrogens with one attached hydrogen (secondary N) is 1. The summed E-state index contributed by atoms with van der Waals surface area (Å²) in [4.78, 5) is 4.37. The summed E-state index contributed by atoms with van der Waals surface area (Å²) < 4.78 is 0.992. The lowest BCUT2D eigenvalue weighted by atomic mass is 9.96. The normalized spacial score (nSPS) is 16.4. The van der Waals surface area contributed by atoms with Gasteiger partial charge in [-0.25, -0.2) is 4.98 Å². The van der Waals surface area contributed by atoms with Crippen molar-refractivity contribution < 1.29 is 5.11 Å². The van der Waals surface area contributed by atoms with Crippen molar-refractivity contribution in [2.24, 2.45) is 0 Å². The van der Waals surface area contributed by atoms with Gasteiger partial charge in [-0.2, -0.15) is 0 Å². The first-order chi connectivity index (χ1) is 8.84. The molecular weight excluding hydrogens is 324 g/mol. The summed E-state index contributed by atoms with van der Waals surface area (Å²) in [5.41, 5.74) is -0.240. The van der Waals surface area contributed by atoms with Crippen LogP contribution in [0.15, 0.2) is 27.8 Å². The summed E-state index contributed by atoms with van der Waals surface area (Å²) in [5, 5.41) is 14.4. The highest BCUT2D eigenvalue weighted by molar-refractivity contribution is 9.10. The minimum absolute atomic E-state index is 0.143. The second-order valence-corrected chi connectivity index (χ2v) is 7.84. The monoisotopic (exact) mass is 346 g/mol. The van der Waals surface area contributed by atoms with Gasteiger partial charge >= 0.3 is 0 Å². The van der Waals surface area contributed by atoms with Crippen LogP contribution in [0, 0.1) is 0 Å². The molecule has 2 atom stereocenters. The summed E-state index contributed by atoms with van der Waals surface area (Å²) in [6.45, 7) is 8.58. The number of nitrogens with zero attached hydrogens (tertiary/aromatic N) is 1. The third-order valence-corrected chi connectivity index (χ3v) is 4.27. The van der Waals surface area contributed by atoms with Gasteiger partial charge in [-0.3, -0.25) is 0 Å². The maximum atomic E-state index is 9.59. The molecule has 0 spiro atoms. The van der Waals surface area contributed by atoms with Crippen LogP contribution in [0.2, 0.25) is 0 Å². The van der Waals surface area contributed by atoms with Gasteiger partial charge in [0.1, 0.15) is 0 Å². The molecule has 0 bridgehead atoms. The maximum Gasteiger partial charge on any atom is 0.0963 e. The minimum atomic E-state index is -0.240. The number of pyridine rings is 1. The second-order valence-electron chi connectivity index (χ2n) is 5.47. The Morgan fingerprint density at radius 1 is 1.42 bits per heavy atom. The molecule has 2 N–H and O–H groups in total. The van der Waals surface area contributed by atoms with E-state index >= 15 is 0 Å². The first kappa shape index (κ1) is 17.0. The van der Waals surface area contributed by atoms with Gasteiger partial charge in [0.25, 0.3) is 0 Å². The van der Waals surface area contributed by atoms with E-state index in [9.17, 15) is 5.11 Å². The fourth-order valence-electron chi connectivity index (χ4n) is 2.18. The molecular formula is C14H23BrN2OS. The Bertz CT molecular complexity index is 386. The second kappa shape index (κ2) is 7.62. The summed E-state index contributed by atoms with van der Waals surface area (Å²) in [6, 6.07) is 4.37. The molecule has 0 aliphatic carbocycles. The lowest BCUT2D eigenvalue weighted by Crippen LogP contribution is -2.50. The minimum Gasteiger partial charge on any atom is -0.394 e. The molecule has 1 heterocycles. The number of aliphatic hydroxyl groups is 1. The van der Waals surface area contributed by atoms with Gasteiger partial charge < -0.3 is 10.4 Å². The Balaban J connectivity index is 2.57. The number of rotatable bonds is 7. The van der Waals surface area contributed by atoms with E-state index in [4.69, 9.17) is 0 Å². The molecule has 5 heteroatoms. The zero-order valence-corrected chi connectivity index (χ0v) is 14.4. The van der Waals surface area contributed by atoms with Gasteiger partial charge in [-0.05, 0) is 41.4 Å². The third-order valence-electron chi connectivity index (χ3n) is 2.75. The van der Waals surface area contributed by atoms with Crippen LogP contribution in [0.3, 0.4) is 0 Å². The van der Waals surface area contributed by atoms with Gasteiger partial charge in [-0.15, -0.1) is 11.8 Å². The summed E-state index contributed by atoms with van der Waals surface area (Å²) in [6.07, 6.45) is 2.71. The Kier molecular flexibility index (Phi) is 6.80. The lowest BCUT2D eigenvalue weighted by molar-refractivity contribution is 0.157. The van der Waals surface area contributed by atoms with E-state index in [2.05, 4.69) is 53.9 Å². The maximum absolute atomic E-state index is 9.59. The van der Waals surface area contributed by atoms with Crippen molar-refractivity contribution in [1.82, 2.24) is 10.3 Å². The van der Waals surface area contributed by atoms with Crippen LogP contribution < -0.4 is 5.32 Å². The highest BCUT2D eigenvalue weighted by atomic mass is 79.9. The largest absolute Gasteiger partial charge is 0.394 e. The van der Waals surface area contributed by atoms with Gasteiger partial charge in [-0.1, -0.05) is 20.8 Å². The van der Waals surface area contributed by atoms with Crippen LogP contribution in [0.4, 0.5) is 0 Å². The van der Waals surface area contributed by atoms with E-state index in [1.165, 1.54) is 0 Å². The van der Waals surface area contributed by atoms with Crippen LogP contribution in [0.1, 0.15) is 34.1 Å². The van der Waals surface area contributed by atoms with Gasteiger partial charge in [0.05, 0.1) is 11.6 Å². The average Bonchev–Trinajstić information content (AvgIpc) is 2.31. The van der Waals surface area contributed by atoms with E-state index in [1.54, 1.807) is 11.8 Å². The SMILES string of the molecule is CC(C)NC(C)(CO)CC(C)Sc1ccc(Br)cn1. The highest BCUT2D eigenvalue weighted by Crippen LogP contribution is 2.28. The van der Waals surface area contributed by atoms with Crippen molar-refractivity contribution >= 4 is 27.7 Å². The number of hydrogen-bond donors (Lipinski definition) is 2. The van der Waals surface area contributed by atoms with Crippen molar-refractivity contribution in [2.45, 2.75) is 56.0 Å². The number of aliphatic hydroxyl groups excluding tert-OH is 1. The first-order valence-electron chi connectivity index (χ1n) is 6.51. The molecule has 0 fully saturated rings. The predicted molar refractivity (Wildman–Crippen MR) is 85.6 cm³/mol. The van der Waals surface area contributed by atoms with Crippen molar-refractivity contribution in [3.05, 3.63) is 22.8 Å². The smallest absolute Gasteiger partial charge is 0.0963 e. The van der Waals surface area contributed by atoms with Gasteiger partial charge in [0, 0.05) is 27.5 Å². The van der Waals surface area contributed by atoms with Gasteiger partial charge in [0.2, 0.25) is 0 Å². The Labute approximate surface area is 128 Å². The van der Waals surface area contributed by atoms with Crippen molar-refractivity contribution in [3.8, 4) is 0 Å². The quantitative estimate of drug-likeness (QED) is 0.742. The zero-order chi connectivity index (χ0) is 14.5. The zero-order valence-electron chi connectivity index (χ0n) is 12.0. The number of aromatic nitrogens is 1. The molecule has 19 heavy (non-hydrogen) atoms. The third kappa shape index (κ3) is 6.25. The van der Waals surface area contributed by atoms with Gasteiger partial charge in [0.15, 0.2) is 0 Å². The number of halogens is 1. The van der Waals surface area contributed by atoms with Crippen LogP contribution >= 0.6 is 27.7 Å². The van der Waals surface area contributed by atoms with Crippen LogP contribution in [0.25, 0.3) is 0 Å². The van der Waals surface area contributed by atoms with Crippen molar-refractivity contribution in [2.75, 3.05) is 6.61 Å². The molecule has 3 nitrogen and oxygen atoms in total. The van der Waals surface area contributed by atoms with Crippen LogP contribution in [-0.4, -0.2) is 33.5 Å². The summed E-state index contributed by atoms with van der Waals surface area (Å²) in [5.74, 6) is 0. The molecule has 0 aliphatic heterocycles. The molecule has 1 rings (SSSR count). The molecule has 0 amide bonds. The van der Waals surface area contributed by atoms with E-state index in [-0.39, 0.29) is 12.1 Å². The molecule has 0 saturated carbocycles. The average molecular weight is 347 g/mol. The van der Waals surface area contributed by atoms with Crippen LogP contribution in [0.5, 0.6) is 0 Å². The highest BCUT2D eigenvalue weighted by Gasteiger charge is 2.26. The summed E-state index contributed by atoms with van der Waals surface area (Å²) in [7, 11) is 0. The summed E-state index contributed by atoms with van der Waals surface area (Å²) >= 11 is 5.12. The van der Waals surface area contributed by atoms with E-state index in [1.807, 2.05) is 18.3 Å². The molecule has 0 saturated heterocycles.